The van der Waals surface area contributed by atoms with Gasteiger partial charge in [0.05, 0.1) is 17.2 Å². The minimum Gasteiger partial charge on any atom is -0.489 e. The maximum atomic E-state index is 13.4. The Bertz CT molecular complexity index is 1060. The third kappa shape index (κ3) is 4.42. The molecule has 0 saturated heterocycles. The van der Waals surface area contributed by atoms with Crippen molar-refractivity contribution in [3.63, 3.8) is 0 Å². The first kappa shape index (κ1) is 20.5. The predicted octanol–water partition coefficient (Wildman–Crippen LogP) is 5.33. The highest BCUT2D eigenvalue weighted by Gasteiger charge is 2.15. The number of aromatic nitrogens is 1. The number of rotatable bonds is 5. The molecule has 0 aliphatic rings. The second-order valence-electron chi connectivity index (χ2n) is 6.83. The standard InChI is InChI=1S/C23H25FN2O3/c1-5-26-13-12-17-14-28-22(16-6-8-18(24)9-7-16)19(23(27)25-4)10-11-20(21(17)26)29-15(2)3/h6-15H,5H2,1-4H3,(H,25,27). The van der Waals surface area contributed by atoms with Crippen molar-refractivity contribution in [2.75, 3.05) is 7.05 Å². The van der Waals surface area contributed by atoms with Gasteiger partial charge in [0, 0.05) is 30.7 Å². The number of carbonyl (C=O) groups excluding carboxylic acids is 1. The molecule has 6 heteroatoms. The number of benzene rings is 1. The highest BCUT2D eigenvalue weighted by Crippen LogP contribution is 2.29. The van der Waals surface area contributed by atoms with Gasteiger partial charge in [0.1, 0.15) is 23.6 Å². The van der Waals surface area contributed by atoms with Gasteiger partial charge in [-0.3, -0.25) is 4.79 Å². The van der Waals surface area contributed by atoms with Crippen LogP contribution in [-0.4, -0.2) is 23.6 Å². The lowest BCUT2D eigenvalue weighted by molar-refractivity contribution is 0.0962. The van der Waals surface area contributed by atoms with E-state index in [4.69, 9.17) is 9.15 Å². The van der Waals surface area contributed by atoms with E-state index in [0.717, 1.165) is 17.4 Å². The molecule has 2 aromatic heterocycles. The molecule has 0 fully saturated rings. The largest absolute Gasteiger partial charge is 0.489 e. The van der Waals surface area contributed by atoms with Crippen molar-refractivity contribution < 1.29 is 18.3 Å². The molecule has 0 radical (unpaired) electrons. The molecule has 2 heterocycles. The van der Waals surface area contributed by atoms with E-state index < -0.39 is 0 Å². The van der Waals surface area contributed by atoms with Gasteiger partial charge in [-0.15, -0.1) is 0 Å². The van der Waals surface area contributed by atoms with Gasteiger partial charge in [-0.2, -0.15) is 0 Å². The second-order valence-corrected chi connectivity index (χ2v) is 6.83. The first-order chi connectivity index (χ1) is 13.9. The maximum Gasteiger partial charge on any atom is 0.254 e. The van der Waals surface area contributed by atoms with Crippen LogP contribution in [0.4, 0.5) is 4.39 Å². The zero-order chi connectivity index (χ0) is 21.0. The van der Waals surface area contributed by atoms with Crippen molar-refractivity contribution in [3.8, 4) is 17.1 Å². The van der Waals surface area contributed by atoms with Crippen LogP contribution in [0.15, 0.2) is 59.3 Å². The number of halogens is 1. The van der Waals surface area contributed by atoms with E-state index in [9.17, 15) is 9.18 Å². The summed E-state index contributed by atoms with van der Waals surface area (Å²) in [6.07, 6.45) is 3.51. The summed E-state index contributed by atoms with van der Waals surface area (Å²) in [4.78, 5) is 12.6. The van der Waals surface area contributed by atoms with Crippen LogP contribution in [0.25, 0.3) is 22.2 Å². The number of fused-ring (bicyclic) bond motifs is 1. The average Bonchev–Trinajstić information content (AvgIpc) is 3.13. The number of hydrogen-bond donors (Lipinski definition) is 1. The molecule has 0 aliphatic carbocycles. The highest BCUT2D eigenvalue weighted by molar-refractivity contribution is 5.99. The first-order valence-corrected chi connectivity index (χ1v) is 9.58. The van der Waals surface area contributed by atoms with Gasteiger partial charge in [0.25, 0.3) is 5.91 Å². The van der Waals surface area contributed by atoms with E-state index >= 15 is 0 Å². The molecular weight excluding hydrogens is 371 g/mol. The SMILES string of the molecule is CCn1ccc2coc(-c3ccc(F)cc3)c(C(=O)NC)ccc(OC(C)C)c21. The van der Waals surface area contributed by atoms with E-state index in [1.54, 1.807) is 37.6 Å². The molecule has 5 nitrogen and oxygen atoms in total. The molecule has 29 heavy (non-hydrogen) atoms. The number of aryl methyl sites for hydroxylation is 1. The first-order valence-electron chi connectivity index (χ1n) is 9.58. The summed E-state index contributed by atoms with van der Waals surface area (Å²) in [5, 5.41) is 3.46. The Morgan fingerprint density at radius 1 is 1.17 bits per heavy atom. The summed E-state index contributed by atoms with van der Waals surface area (Å²) in [6.45, 7) is 6.70. The van der Waals surface area contributed by atoms with Crippen molar-refractivity contribution in [2.45, 2.75) is 33.4 Å². The molecule has 0 bridgehead atoms. The van der Waals surface area contributed by atoms with Gasteiger partial charge in [-0.1, -0.05) is 0 Å². The van der Waals surface area contributed by atoms with E-state index in [1.807, 2.05) is 33.0 Å². The maximum absolute atomic E-state index is 13.4. The lowest BCUT2D eigenvalue weighted by Gasteiger charge is -2.11. The quantitative estimate of drug-likeness (QED) is 0.634. The molecule has 0 spiro atoms. The van der Waals surface area contributed by atoms with Gasteiger partial charge in [-0.25, -0.2) is 4.39 Å². The Kier molecular flexibility index (Phi) is 6.22. The number of nitrogens with zero attached hydrogens (tertiary/aromatic N) is 1. The molecule has 0 atom stereocenters. The highest BCUT2D eigenvalue weighted by atomic mass is 19.1. The summed E-state index contributed by atoms with van der Waals surface area (Å²) >= 11 is 0. The van der Waals surface area contributed by atoms with E-state index in [1.165, 1.54) is 12.1 Å². The fraction of sp³-hybridized carbons (Fsp3) is 0.261. The number of ether oxygens (including phenoxy) is 1. The van der Waals surface area contributed by atoms with Crippen molar-refractivity contribution in [2.24, 2.45) is 0 Å². The third-order valence-corrected chi connectivity index (χ3v) is 4.46. The summed E-state index contributed by atoms with van der Waals surface area (Å²) < 4.78 is 27.5. The van der Waals surface area contributed by atoms with Crippen LogP contribution >= 0.6 is 0 Å². The smallest absolute Gasteiger partial charge is 0.254 e. The van der Waals surface area contributed by atoms with Crippen molar-refractivity contribution in [3.05, 3.63) is 66.3 Å². The Hall–Kier alpha value is -3.28. The van der Waals surface area contributed by atoms with Crippen LogP contribution in [0.2, 0.25) is 0 Å². The van der Waals surface area contributed by atoms with Crippen LogP contribution in [0, 0.1) is 5.82 Å². The minimum absolute atomic E-state index is 0.0478. The zero-order valence-electron chi connectivity index (χ0n) is 17.0. The molecule has 3 aromatic rings. The minimum atomic E-state index is -0.360. The lowest BCUT2D eigenvalue weighted by atomic mass is 10.1. The van der Waals surface area contributed by atoms with Crippen molar-refractivity contribution in [1.29, 1.82) is 0 Å². The summed E-state index contributed by atoms with van der Waals surface area (Å²) in [5.41, 5.74) is 1.78. The van der Waals surface area contributed by atoms with Crippen LogP contribution < -0.4 is 10.1 Å². The van der Waals surface area contributed by atoms with Gasteiger partial charge < -0.3 is 19.0 Å². The Morgan fingerprint density at radius 3 is 2.52 bits per heavy atom. The van der Waals surface area contributed by atoms with Crippen LogP contribution in [0.3, 0.4) is 0 Å². The Labute approximate surface area is 169 Å². The molecular formula is C23H25FN2O3. The molecule has 1 aromatic carbocycles. The fourth-order valence-corrected chi connectivity index (χ4v) is 3.12. The summed E-state index contributed by atoms with van der Waals surface area (Å²) in [5.74, 6) is 0.301. The van der Waals surface area contributed by atoms with Gasteiger partial charge >= 0.3 is 0 Å². The molecule has 0 aliphatic heterocycles. The number of carbonyl (C=O) groups is 1. The van der Waals surface area contributed by atoms with Crippen molar-refractivity contribution in [1.82, 2.24) is 9.88 Å². The number of nitrogens with one attached hydrogen (secondary N) is 1. The zero-order valence-corrected chi connectivity index (χ0v) is 17.0. The normalized spacial score (nSPS) is 10.8. The molecule has 1 amide bonds. The molecule has 3 rings (SSSR count). The number of hydrogen-bond acceptors (Lipinski definition) is 3. The molecule has 0 saturated carbocycles. The monoisotopic (exact) mass is 396 g/mol. The Morgan fingerprint density at radius 2 is 1.90 bits per heavy atom. The average molecular weight is 396 g/mol. The molecule has 1 N–H and O–H groups in total. The third-order valence-electron chi connectivity index (χ3n) is 4.46. The van der Waals surface area contributed by atoms with Crippen LogP contribution in [-0.2, 0) is 6.54 Å². The Balaban J connectivity index is 2.40. The van der Waals surface area contributed by atoms with E-state index in [2.05, 4.69) is 9.88 Å². The van der Waals surface area contributed by atoms with Gasteiger partial charge in [-0.05, 0) is 63.2 Å². The fourth-order valence-electron chi connectivity index (χ4n) is 3.12. The lowest BCUT2D eigenvalue weighted by Crippen LogP contribution is -2.18. The summed E-state index contributed by atoms with van der Waals surface area (Å²) in [7, 11) is 1.55. The van der Waals surface area contributed by atoms with Crippen molar-refractivity contribution >= 4 is 16.8 Å². The molecule has 0 unspecified atom stereocenters. The van der Waals surface area contributed by atoms with Gasteiger partial charge in [0.2, 0.25) is 0 Å². The van der Waals surface area contributed by atoms with Gasteiger partial charge in [0.15, 0.2) is 0 Å². The van der Waals surface area contributed by atoms with Crippen LogP contribution in [0.1, 0.15) is 31.1 Å². The van der Waals surface area contributed by atoms with E-state index in [0.29, 0.717) is 22.6 Å². The van der Waals surface area contributed by atoms with E-state index in [-0.39, 0.29) is 17.8 Å². The predicted molar refractivity (Wildman–Crippen MR) is 112 cm³/mol. The summed E-state index contributed by atoms with van der Waals surface area (Å²) in [6, 6.07) is 11.2. The van der Waals surface area contributed by atoms with Crippen LogP contribution in [0.5, 0.6) is 5.75 Å². The number of amides is 1. The second kappa shape index (κ2) is 8.82. The topological polar surface area (TPSA) is 56.4 Å². The molecule has 152 valence electrons.